The largest absolute Gasteiger partial charge is 0.471 e. The van der Waals surface area contributed by atoms with Crippen molar-refractivity contribution < 1.29 is 4.74 Å². The van der Waals surface area contributed by atoms with Gasteiger partial charge in [-0.05, 0) is 19.9 Å². The zero-order valence-corrected chi connectivity index (χ0v) is 11.6. The van der Waals surface area contributed by atoms with Crippen LogP contribution in [0.25, 0.3) is 0 Å². The standard InChI is InChI=1S/C13H12Cl2N2O/c1-8-9(2)17-13(12(15)16-8)18-7-10-5-3-4-6-11(10)14/h3-6H,7H2,1-2H3. The number of rotatable bonds is 3. The highest BCUT2D eigenvalue weighted by molar-refractivity contribution is 6.31. The SMILES string of the molecule is Cc1nc(Cl)c(OCc2ccccc2Cl)nc1C. The van der Waals surface area contributed by atoms with Gasteiger partial charge in [-0.1, -0.05) is 41.4 Å². The molecule has 1 heterocycles. The first-order valence-corrected chi connectivity index (χ1v) is 6.20. The molecule has 0 atom stereocenters. The molecule has 0 amide bonds. The van der Waals surface area contributed by atoms with Gasteiger partial charge in [0.15, 0.2) is 5.15 Å². The number of halogens is 2. The van der Waals surface area contributed by atoms with Crippen LogP contribution in [0.15, 0.2) is 24.3 Å². The van der Waals surface area contributed by atoms with E-state index in [0.717, 1.165) is 17.0 Å². The second kappa shape index (κ2) is 5.55. The van der Waals surface area contributed by atoms with Crippen LogP contribution in [0, 0.1) is 13.8 Å². The maximum atomic E-state index is 6.04. The summed E-state index contributed by atoms with van der Waals surface area (Å²) in [6, 6.07) is 7.48. The second-order valence-electron chi connectivity index (χ2n) is 3.87. The highest BCUT2D eigenvalue weighted by atomic mass is 35.5. The van der Waals surface area contributed by atoms with Crippen molar-refractivity contribution in [1.82, 2.24) is 9.97 Å². The average molecular weight is 283 g/mol. The molecule has 0 saturated carbocycles. The average Bonchev–Trinajstić information content (AvgIpc) is 2.34. The fourth-order valence-electron chi connectivity index (χ4n) is 1.41. The molecule has 0 aliphatic heterocycles. The van der Waals surface area contributed by atoms with Crippen molar-refractivity contribution in [3.05, 3.63) is 51.4 Å². The lowest BCUT2D eigenvalue weighted by Crippen LogP contribution is -2.02. The van der Waals surface area contributed by atoms with Crippen molar-refractivity contribution in [1.29, 1.82) is 0 Å². The predicted molar refractivity (Wildman–Crippen MR) is 72.3 cm³/mol. The van der Waals surface area contributed by atoms with Crippen molar-refractivity contribution in [2.45, 2.75) is 20.5 Å². The molecule has 0 unspecified atom stereocenters. The molecular formula is C13H12Cl2N2O. The van der Waals surface area contributed by atoms with Gasteiger partial charge in [0.2, 0.25) is 0 Å². The third kappa shape index (κ3) is 2.92. The number of benzene rings is 1. The van der Waals surface area contributed by atoms with Crippen LogP contribution < -0.4 is 4.74 Å². The summed E-state index contributed by atoms with van der Waals surface area (Å²) >= 11 is 12.0. The number of nitrogens with zero attached hydrogens (tertiary/aromatic N) is 2. The van der Waals surface area contributed by atoms with Crippen LogP contribution in [-0.2, 0) is 6.61 Å². The Bertz CT molecular complexity index is 573. The molecule has 2 rings (SSSR count). The Morgan fingerprint density at radius 1 is 1.06 bits per heavy atom. The topological polar surface area (TPSA) is 35.0 Å². The third-order valence-electron chi connectivity index (χ3n) is 2.56. The fraction of sp³-hybridized carbons (Fsp3) is 0.231. The molecule has 0 N–H and O–H groups in total. The first-order valence-electron chi connectivity index (χ1n) is 5.45. The summed E-state index contributed by atoms with van der Waals surface area (Å²) in [6.45, 7) is 4.03. The Hall–Kier alpha value is -1.32. The van der Waals surface area contributed by atoms with Crippen LogP contribution in [0.1, 0.15) is 17.0 Å². The zero-order chi connectivity index (χ0) is 13.1. The summed E-state index contributed by atoms with van der Waals surface area (Å²) < 4.78 is 5.55. The minimum Gasteiger partial charge on any atom is -0.471 e. The van der Waals surface area contributed by atoms with Crippen LogP contribution in [0.2, 0.25) is 10.2 Å². The molecule has 0 aliphatic carbocycles. The summed E-state index contributed by atoms with van der Waals surface area (Å²) in [5.41, 5.74) is 2.48. The number of aryl methyl sites for hydroxylation is 2. The molecule has 0 radical (unpaired) electrons. The smallest absolute Gasteiger partial charge is 0.252 e. The quantitative estimate of drug-likeness (QED) is 0.854. The van der Waals surface area contributed by atoms with Gasteiger partial charge < -0.3 is 4.74 Å². The van der Waals surface area contributed by atoms with E-state index >= 15 is 0 Å². The van der Waals surface area contributed by atoms with Crippen LogP contribution in [-0.4, -0.2) is 9.97 Å². The number of hydrogen-bond acceptors (Lipinski definition) is 3. The molecule has 1 aromatic heterocycles. The maximum absolute atomic E-state index is 6.04. The molecule has 0 saturated heterocycles. The normalized spacial score (nSPS) is 10.4. The summed E-state index contributed by atoms with van der Waals surface area (Å²) in [6.07, 6.45) is 0. The van der Waals surface area contributed by atoms with Crippen LogP contribution in [0.4, 0.5) is 0 Å². The van der Waals surface area contributed by atoms with Crippen molar-refractivity contribution in [3.63, 3.8) is 0 Å². The van der Waals surface area contributed by atoms with E-state index in [1.165, 1.54) is 0 Å². The Morgan fingerprint density at radius 2 is 1.72 bits per heavy atom. The Kier molecular flexibility index (Phi) is 4.04. The fourth-order valence-corrected chi connectivity index (χ4v) is 1.82. The lowest BCUT2D eigenvalue weighted by atomic mass is 10.2. The minimum atomic E-state index is 0.269. The lowest BCUT2D eigenvalue weighted by Gasteiger charge is -2.09. The van der Waals surface area contributed by atoms with Crippen LogP contribution in [0.3, 0.4) is 0 Å². The summed E-state index contributed by atoms with van der Waals surface area (Å²) in [5, 5.41) is 0.926. The van der Waals surface area contributed by atoms with E-state index in [4.69, 9.17) is 27.9 Å². The van der Waals surface area contributed by atoms with Gasteiger partial charge in [-0.2, -0.15) is 0 Å². The van der Waals surface area contributed by atoms with E-state index in [9.17, 15) is 0 Å². The highest BCUT2D eigenvalue weighted by Crippen LogP contribution is 2.23. The zero-order valence-electron chi connectivity index (χ0n) is 10.1. The monoisotopic (exact) mass is 282 g/mol. The van der Waals surface area contributed by atoms with Gasteiger partial charge in [0.25, 0.3) is 5.88 Å². The van der Waals surface area contributed by atoms with Crippen molar-refractivity contribution in [2.75, 3.05) is 0 Å². The molecule has 5 heteroatoms. The van der Waals surface area contributed by atoms with E-state index in [1.807, 2.05) is 38.1 Å². The van der Waals surface area contributed by atoms with E-state index in [2.05, 4.69) is 9.97 Å². The molecule has 3 nitrogen and oxygen atoms in total. The second-order valence-corrected chi connectivity index (χ2v) is 4.64. The molecule has 18 heavy (non-hydrogen) atoms. The molecule has 0 bridgehead atoms. The van der Waals surface area contributed by atoms with Crippen molar-refractivity contribution >= 4 is 23.2 Å². The Labute approximate surface area is 116 Å². The predicted octanol–water partition coefficient (Wildman–Crippen LogP) is 3.98. The molecule has 1 aromatic carbocycles. The third-order valence-corrected chi connectivity index (χ3v) is 3.17. The molecule has 0 spiro atoms. The first kappa shape index (κ1) is 13.1. The molecule has 0 fully saturated rings. The van der Waals surface area contributed by atoms with Gasteiger partial charge in [0, 0.05) is 10.6 Å². The van der Waals surface area contributed by atoms with Crippen molar-refractivity contribution in [3.8, 4) is 5.88 Å². The van der Waals surface area contributed by atoms with Gasteiger partial charge >= 0.3 is 0 Å². The molecular weight excluding hydrogens is 271 g/mol. The van der Waals surface area contributed by atoms with E-state index < -0.39 is 0 Å². The Morgan fingerprint density at radius 3 is 2.44 bits per heavy atom. The van der Waals surface area contributed by atoms with Gasteiger partial charge in [0.05, 0.1) is 11.4 Å². The van der Waals surface area contributed by atoms with E-state index in [-0.39, 0.29) is 5.15 Å². The Balaban J connectivity index is 2.16. The van der Waals surface area contributed by atoms with E-state index in [1.54, 1.807) is 0 Å². The van der Waals surface area contributed by atoms with Gasteiger partial charge in [-0.15, -0.1) is 0 Å². The number of hydrogen-bond donors (Lipinski definition) is 0. The molecule has 94 valence electrons. The van der Waals surface area contributed by atoms with Gasteiger partial charge in [-0.3, -0.25) is 0 Å². The van der Waals surface area contributed by atoms with Gasteiger partial charge in [0.1, 0.15) is 6.61 Å². The number of aromatic nitrogens is 2. The summed E-state index contributed by atoms with van der Waals surface area (Å²) in [5.74, 6) is 0.333. The summed E-state index contributed by atoms with van der Waals surface area (Å²) in [4.78, 5) is 8.41. The lowest BCUT2D eigenvalue weighted by molar-refractivity contribution is 0.292. The van der Waals surface area contributed by atoms with Crippen LogP contribution >= 0.6 is 23.2 Å². The van der Waals surface area contributed by atoms with E-state index in [0.29, 0.717) is 17.5 Å². The van der Waals surface area contributed by atoms with Gasteiger partial charge in [-0.25, -0.2) is 9.97 Å². The molecule has 0 aliphatic rings. The highest BCUT2D eigenvalue weighted by Gasteiger charge is 2.09. The molecule has 2 aromatic rings. The first-order chi connectivity index (χ1) is 8.58. The summed E-state index contributed by atoms with van der Waals surface area (Å²) in [7, 11) is 0. The maximum Gasteiger partial charge on any atom is 0.252 e. The minimum absolute atomic E-state index is 0.269. The number of ether oxygens (including phenoxy) is 1. The van der Waals surface area contributed by atoms with Crippen molar-refractivity contribution in [2.24, 2.45) is 0 Å². The van der Waals surface area contributed by atoms with Crippen LogP contribution in [0.5, 0.6) is 5.88 Å².